The summed E-state index contributed by atoms with van der Waals surface area (Å²) in [5, 5.41) is 7.70. The highest BCUT2D eigenvalue weighted by molar-refractivity contribution is 5.78. The molecule has 0 atom stereocenters. The molecule has 2 aromatic heterocycles. The van der Waals surface area contributed by atoms with Crippen LogP contribution in [0.5, 0.6) is 5.75 Å². The van der Waals surface area contributed by atoms with Crippen molar-refractivity contribution in [3.63, 3.8) is 0 Å². The van der Waals surface area contributed by atoms with E-state index in [1.54, 1.807) is 24.3 Å². The Labute approximate surface area is 138 Å². The SMILES string of the molecule is COc1ccc(-c2nc3cc(C)c(C)cc3o2)cc1-n1cnnc1. The van der Waals surface area contributed by atoms with Crippen molar-refractivity contribution in [2.75, 3.05) is 7.11 Å². The first-order valence-electron chi connectivity index (χ1n) is 7.57. The number of methoxy groups -OCH3 is 1. The van der Waals surface area contributed by atoms with Crippen molar-refractivity contribution in [2.45, 2.75) is 13.8 Å². The van der Waals surface area contributed by atoms with E-state index in [2.05, 4.69) is 29.0 Å². The van der Waals surface area contributed by atoms with Crippen molar-refractivity contribution in [1.29, 1.82) is 0 Å². The van der Waals surface area contributed by atoms with Crippen molar-refractivity contribution in [3.8, 4) is 22.9 Å². The van der Waals surface area contributed by atoms with E-state index in [0.29, 0.717) is 5.89 Å². The molecule has 0 aliphatic rings. The molecule has 0 amide bonds. The molecule has 0 aliphatic heterocycles. The van der Waals surface area contributed by atoms with Crippen LogP contribution < -0.4 is 4.74 Å². The smallest absolute Gasteiger partial charge is 0.227 e. The van der Waals surface area contributed by atoms with Gasteiger partial charge in [0.25, 0.3) is 0 Å². The number of fused-ring (bicyclic) bond motifs is 1. The van der Waals surface area contributed by atoms with Gasteiger partial charge in [0, 0.05) is 5.56 Å². The first-order chi connectivity index (χ1) is 11.7. The number of rotatable bonds is 3. The third-order valence-corrected chi connectivity index (χ3v) is 4.13. The van der Waals surface area contributed by atoms with E-state index in [4.69, 9.17) is 9.15 Å². The normalized spacial score (nSPS) is 11.1. The van der Waals surface area contributed by atoms with Gasteiger partial charge in [0.1, 0.15) is 23.9 Å². The summed E-state index contributed by atoms with van der Waals surface area (Å²) in [5.74, 6) is 1.30. The first-order valence-corrected chi connectivity index (χ1v) is 7.57. The van der Waals surface area contributed by atoms with Gasteiger partial charge in [-0.3, -0.25) is 4.57 Å². The Morgan fingerprint density at radius 1 is 1.00 bits per heavy atom. The molecule has 0 saturated heterocycles. The van der Waals surface area contributed by atoms with Gasteiger partial charge in [0.05, 0.1) is 12.8 Å². The molecule has 0 radical (unpaired) electrons. The van der Waals surface area contributed by atoms with Gasteiger partial charge in [-0.25, -0.2) is 4.98 Å². The number of aromatic nitrogens is 4. The lowest BCUT2D eigenvalue weighted by Gasteiger charge is -2.09. The third kappa shape index (κ3) is 2.32. The zero-order chi connectivity index (χ0) is 16.7. The molecule has 2 heterocycles. The van der Waals surface area contributed by atoms with Crippen LogP contribution >= 0.6 is 0 Å². The lowest BCUT2D eigenvalue weighted by Crippen LogP contribution is -1.96. The van der Waals surface area contributed by atoms with Crippen LogP contribution in [-0.4, -0.2) is 26.9 Å². The minimum Gasteiger partial charge on any atom is -0.495 e. The van der Waals surface area contributed by atoms with E-state index >= 15 is 0 Å². The quantitative estimate of drug-likeness (QED) is 0.576. The van der Waals surface area contributed by atoms with E-state index in [-0.39, 0.29) is 0 Å². The van der Waals surface area contributed by atoms with Gasteiger partial charge in [-0.05, 0) is 55.3 Å². The molecule has 0 bridgehead atoms. The minimum atomic E-state index is 0.576. The van der Waals surface area contributed by atoms with Crippen LogP contribution in [0.3, 0.4) is 0 Å². The van der Waals surface area contributed by atoms with Gasteiger partial charge in [-0.1, -0.05) is 0 Å². The van der Waals surface area contributed by atoms with Gasteiger partial charge in [0.15, 0.2) is 5.58 Å². The number of nitrogens with zero attached hydrogens (tertiary/aromatic N) is 4. The molecule has 4 rings (SSSR count). The lowest BCUT2D eigenvalue weighted by molar-refractivity contribution is 0.413. The highest BCUT2D eigenvalue weighted by Gasteiger charge is 2.13. The number of hydrogen-bond acceptors (Lipinski definition) is 5. The highest BCUT2D eigenvalue weighted by Crippen LogP contribution is 2.31. The van der Waals surface area contributed by atoms with Crippen LogP contribution in [0.15, 0.2) is 47.4 Å². The third-order valence-electron chi connectivity index (χ3n) is 4.13. The molecule has 120 valence electrons. The van der Waals surface area contributed by atoms with Crippen LogP contribution in [0.4, 0.5) is 0 Å². The van der Waals surface area contributed by atoms with E-state index < -0.39 is 0 Å². The van der Waals surface area contributed by atoms with Crippen LogP contribution in [0.25, 0.3) is 28.2 Å². The standard InChI is InChI=1S/C18H16N4O2/c1-11-6-14-17(7-12(11)2)24-18(21-14)13-4-5-16(23-3)15(8-13)22-9-19-20-10-22/h4-10H,1-3H3. The summed E-state index contributed by atoms with van der Waals surface area (Å²) in [7, 11) is 1.63. The second kappa shape index (κ2) is 5.49. The number of ether oxygens (including phenoxy) is 1. The van der Waals surface area contributed by atoms with Crippen molar-refractivity contribution < 1.29 is 9.15 Å². The van der Waals surface area contributed by atoms with Gasteiger partial charge in [-0.2, -0.15) is 0 Å². The highest BCUT2D eigenvalue weighted by atomic mass is 16.5. The number of benzene rings is 2. The van der Waals surface area contributed by atoms with Crippen molar-refractivity contribution in [3.05, 3.63) is 54.1 Å². The van der Waals surface area contributed by atoms with Crippen LogP contribution in [0.2, 0.25) is 0 Å². The molecule has 4 aromatic rings. The van der Waals surface area contributed by atoms with Crippen molar-refractivity contribution >= 4 is 11.1 Å². The van der Waals surface area contributed by atoms with E-state index in [1.807, 2.05) is 30.3 Å². The average molecular weight is 320 g/mol. The second-order valence-electron chi connectivity index (χ2n) is 5.68. The van der Waals surface area contributed by atoms with Crippen LogP contribution in [-0.2, 0) is 0 Å². The fourth-order valence-corrected chi connectivity index (χ4v) is 2.65. The van der Waals surface area contributed by atoms with Gasteiger partial charge >= 0.3 is 0 Å². The van der Waals surface area contributed by atoms with E-state index in [1.165, 1.54) is 11.1 Å². The molecule has 0 N–H and O–H groups in total. The van der Waals surface area contributed by atoms with Crippen LogP contribution in [0.1, 0.15) is 11.1 Å². The molecule has 6 nitrogen and oxygen atoms in total. The molecule has 24 heavy (non-hydrogen) atoms. The fourth-order valence-electron chi connectivity index (χ4n) is 2.65. The monoisotopic (exact) mass is 320 g/mol. The maximum atomic E-state index is 5.94. The Kier molecular flexibility index (Phi) is 3.30. The molecule has 0 aliphatic carbocycles. The Balaban J connectivity index is 1.86. The first kappa shape index (κ1) is 14.4. The number of oxazole rings is 1. The summed E-state index contributed by atoms with van der Waals surface area (Å²) in [6, 6.07) is 9.83. The molecule has 0 fully saturated rings. The average Bonchev–Trinajstić information content (AvgIpc) is 3.24. The molecular weight excluding hydrogens is 304 g/mol. The van der Waals surface area contributed by atoms with Gasteiger partial charge in [0.2, 0.25) is 5.89 Å². The summed E-state index contributed by atoms with van der Waals surface area (Å²) in [4.78, 5) is 4.61. The van der Waals surface area contributed by atoms with E-state index in [9.17, 15) is 0 Å². The summed E-state index contributed by atoms with van der Waals surface area (Å²) in [6.45, 7) is 4.13. The molecule has 0 spiro atoms. The summed E-state index contributed by atoms with van der Waals surface area (Å²) in [5.41, 5.74) is 5.72. The van der Waals surface area contributed by atoms with Crippen molar-refractivity contribution in [2.24, 2.45) is 0 Å². The molecular formula is C18H16N4O2. The predicted octanol–water partition coefficient (Wildman–Crippen LogP) is 3.70. The molecule has 2 aromatic carbocycles. The fraction of sp³-hybridized carbons (Fsp3) is 0.167. The Bertz CT molecular complexity index is 980. The maximum Gasteiger partial charge on any atom is 0.227 e. The van der Waals surface area contributed by atoms with E-state index in [0.717, 1.165) is 28.1 Å². The topological polar surface area (TPSA) is 66.0 Å². The summed E-state index contributed by atoms with van der Waals surface area (Å²) < 4.78 is 13.2. The predicted molar refractivity (Wildman–Crippen MR) is 90.4 cm³/mol. The zero-order valence-corrected chi connectivity index (χ0v) is 13.6. The Hall–Kier alpha value is -3.15. The largest absolute Gasteiger partial charge is 0.495 e. The maximum absolute atomic E-state index is 5.94. The van der Waals surface area contributed by atoms with Crippen LogP contribution in [0, 0.1) is 13.8 Å². The molecule has 6 heteroatoms. The van der Waals surface area contributed by atoms with Crippen molar-refractivity contribution in [1.82, 2.24) is 19.7 Å². The lowest BCUT2D eigenvalue weighted by atomic mass is 10.1. The Morgan fingerprint density at radius 3 is 2.50 bits per heavy atom. The number of aryl methyl sites for hydroxylation is 2. The zero-order valence-electron chi connectivity index (χ0n) is 13.6. The molecule has 0 unspecified atom stereocenters. The summed E-state index contributed by atoms with van der Waals surface area (Å²) >= 11 is 0. The molecule has 0 saturated carbocycles. The Morgan fingerprint density at radius 2 is 1.75 bits per heavy atom. The summed E-state index contributed by atoms with van der Waals surface area (Å²) in [6.07, 6.45) is 3.25. The van der Waals surface area contributed by atoms with Gasteiger partial charge < -0.3 is 9.15 Å². The van der Waals surface area contributed by atoms with Gasteiger partial charge in [-0.15, -0.1) is 10.2 Å². The number of hydrogen-bond donors (Lipinski definition) is 0. The second-order valence-corrected chi connectivity index (χ2v) is 5.68. The minimum absolute atomic E-state index is 0.576.